The van der Waals surface area contributed by atoms with E-state index in [-0.39, 0.29) is 28.5 Å². The Bertz CT molecular complexity index is 1350. The molecule has 1 fully saturated rings. The van der Waals surface area contributed by atoms with Crippen molar-refractivity contribution >= 4 is 32.5 Å². The summed E-state index contributed by atoms with van der Waals surface area (Å²) in [6, 6.07) is 14.7. The van der Waals surface area contributed by atoms with Crippen LogP contribution in [0.2, 0.25) is 0 Å². The largest absolute Gasteiger partial charge is 0.330 e. The maximum atomic E-state index is 12.8. The van der Waals surface area contributed by atoms with Gasteiger partial charge in [-0.2, -0.15) is 0 Å². The summed E-state index contributed by atoms with van der Waals surface area (Å²) in [6.07, 6.45) is 7.78. The van der Waals surface area contributed by atoms with Crippen LogP contribution in [0.25, 0.3) is 10.8 Å². The number of aromatic amines is 1. The summed E-state index contributed by atoms with van der Waals surface area (Å²) < 4.78 is 27.3. The van der Waals surface area contributed by atoms with Gasteiger partial charge in [-0.1, -0.05) is 30.3 Å². The van der Waals surface area contributed by atoms with Gasteiger partial charge in [0.25, 0.3) is 10.0 Å². The zero-order valence-corrected chi connectivity index (χ0v) is 17.3. The molecule has 1 saturated carbocycles. The fourth-order valence-corrected chi connectivity index (χ4v) is 4.87. The molecule has 5 rings (SSSR count). The molecule has 2 aromatic heterocycles. The number of imidazole rings is 1. The number of sulfonamides is 1. The van der Waals surface area contributed by atoms with Crippen LogP contribution >= 0.6 is 0 Å². The van der Waals surface area contributed by atoms with Gasteiger partial charge in [-0.05, 0) is 47.1 Å². The quantitative estimate of drug-likeness (QED) is 0.464. The molecular formula is C23H20N4O3S. The number of pyridine rings is 1. The molecule has 156 valence electrons. The zero-order valence-electron chi connectivity index (χ0n) is 16.5. The Kier molecular flexibility index (Phi) is 4.78. The Morgan fingerprint density at radius 3 is 2.68 bits per heavy atom. The van der Waals surface area contributed by atoms with Crippen molar-refractivity contribution in [1.82, 2.24) is 15.0 Å². The fraction of sp³-hybridized carbons (Fsp3) is 0.174. The van der Waals surface area contributed by atoms with Crippen molar-refractivity contribution in [3.63, 3.8) is 0 Å². The number of carbonyl (C=O) groups excluding carboxylic acids is 1. The maximum Gasteiger partial charge on any atom is 0.264 e. The van der Waals surface area contributed by atoms with Gasteiger partial charge in [0.05, 0.1) is 4.90 Å². The van der Waals surface area contributed by atoms with E-state index in [1.54, 1.807) is 36.7 Å². The van der Waals surface area contributed by atoms with E-state index in [9.17, 15) is 13.2 Å². The van der Waals surface area contributed by atoms with Crippen molar-refractivity contribution in [2.45, 2.75) is 23.7 Å². The second kappa shape index (κ2) is 7.63. The first-order chi connectivity index (χ1) is 15.0. The lowest BCUT2D eigenvalue weighted by molar-refractivity contribution is -0.119. The summed E-state index contributed by atoms with van der Waals surface area (Å²) in [5, 5.41) is 2.13. The number of carbonyl (C=O) groups is 1. The molecule has 1 aliphatic carbocycles. The molecule has 2 atom stereocenters. The highest BCUT2D eigenvalue weighted by atomic mass is 32.2. The number of H-pyrrole nitrogens is 1. The molecule has 1 aliphatic rings. The van der Waals surface area contributed by atoms with Gasteiger partial charge in [-0.15, -0.1) is 0 Å². The van der Waals surface area contributed by atoms with Crippen LogP contribution in [0.1, 0.15) is 23.5 Å². The van der Waals surface area contributed by atoms with E-state index in [4.69, 9.17) is 0 Å². The number of anilines is 1. The summed E-state index contributed by atoms with van der Waals surface area (Å²) in [4.78, 5) is 23.6. The first-order valence-electron chi connectivity index (χ1n) is 9.97. The highest BCUT2D eigenvalue weighted by Crippen LogP contribution is 2.48. The minimum absolute atomic E-state index is 0.0168. The molecular weight excluding hydrogens is 412 g/mol. The monoisotopic (exact) mass is 432 g/mol. The van der Waals surface area contributed by atoms with Crippen molar-refractivity contribution in [2.75, 3.05) is 4.72 Å². The number of nitrogens with one attached hydrogen (secondary N) is 2. The summed E-state index contributed by atoms with van der Waals surface area (Å²) in [5.41, 5.74) is 1.99. The summed E-state index contributed by atoms with van der Waals surface area (Å²) in [7, 11) is -3.71. The van der Waals surface area contributed by atoms with E-state index in [0.29, 0.717) is 6.42 Å². The third-order valence-electron chi connectivity index (χ3n) is 5.64. The standard InChI is InChI=1S/C23H20N4O3S/c28-22(12-15-1-2-18-14-24-8-7-17(18)11-15)21-13-20(21)16-3-5-19(6-4-16)31(29,30)27-23-25-9-10-26-23/h1-11,14,20-21H,12-13H2,(H2,25,26,27). The Morgan fingerprint density at radius 2 is 1.90 bits per heavy atom. The average molecular weight is 433 g/mol. The summed E-state index contributed by atoms with van der Waals surface area (Å²) in [5.74, 6) is 0.514. The van der Waals surface area contributed by atoms with Crippen LogP contribution in [-0.4, -0.2) is 29.2 Å². The van der Waals surface area contributed by atoms with Gasteiger partial charge in [0.2, 0.25) is 5.95 Å². The second-order valence-corrected chi connectivity index (χ2v) is 9.44. The third kappa shape index (κ3) is 4.06. The Balaban J connectivity index is 1.24. The lowest BCUT2D eigenvalue weighted by atomic mass is 10.0. The van der Waals surface area contributed by atoms with E-state index >= 15 is 0 Å². The topological polar surface area (TPSA) is 105 Å². The number of aromatic nitrogens is 3. The van der Waals surface area contributed by atoms with Crippen LogP contribution in [0.5, 0.6) is 0 Å². The van der Waals surface area contributed by atoms with Crippen LogP contribution in [0.4, 0.5) is 5.95 Å². The minimum atomic E-state index is -3.71. The smallest absolute Gasteiger partial charge is 0.264 e. The summed E-state index contributed by atoms with van der Waals surface area (Å²) >= 11 is 0. The number of nitrogens with zero attached hydrogens (tertiary/aromatic N) is 2. The molecule has 0 amide bonds. The predicted molar refractivity (Wildman–Crippen MR) is 117 cm³/mol. The molecule has 2 heterocycles. The number of Topliss-reactive ketones (excluding diaryl/α,β-unsaturated/α-hetero) is 1. The number of benzene rings is 2. The van der Waals surface area contributed by atoms with E-state index in [1.807, 2.05) is 30.5 Å². The SMILES string of the molecule is O=C(Cc1ccc2cnccc2c1)C1CC1c1ccc(S(=O)(=O)Nc2ncc[nH]2)cc1. The third-order valence-corrected chi connectivity index (χ3v) is 6.99. The molecule has 2 N–H and O–H groups in total. The Morgan fingerprint density at radius 1 is 1.06 bits per heavy atom. The van der Waals surface area contributed by atoms with Gasteiger partial charge in [0.1, 0.15) is 5.78 Å². The Labute approximate surface area is 179 Å². The highest BCUT2D eigenvalue weighted by Gasteiger charge is 2.43. The molecule has 7 nitrogen and oxygen atoms in total. The van der Waals surface area contributed by atoms with Gasteiger partial charge in [-0.3, -0.25) is 9.78 Å². The van der Waals surface area contributed by atoms with Crippen LogP contribution in [0.3, 0.4) is 0 Å². The molecule has 0 bridgehead atoms. The van der Waals surface area contributed by atoms with Crippen LogP contribution in [0, 0.1) is 5.92 Å². The van der Waals surface area contributed by atoms with Crippen molar-refractivity contribution in [3.8, 4) is 0 Å². The molecule has 2 unspecified atom stereocenters. The summed E-state index contributed by atoms with van der Waals surface area (Å²) in [6.45, 7) is 0. The lowest BCUT2D eigenvalue weighted by Crippen LogP contribution is -2.14. The number of hydrogen-bond donors (Lipinski definition) is 2. The normalized spacial score (nSPS) is 18.1. The minimum Gasteiger partial charge on any atom is -0.330 e. The molecule has 0 aliphatic heterocycles. The number of hydrogen-bond acceptors (Lipinski definition) is 5. The molecule has 2 aromatic carbocycles. The van der Waals surface area contributed by atoms with Crippen molar-refractivity contribution in [2.24, 2.45) is 5.92 Å². The van der Waals surface area contributed by atoms with E-state index < -0.39 is 10.0 Å². The molecule has 0 spiro atoms. The van der Waals surface area contributed by atoms with Crippen LogP contribution in [0.15, 0.2) is 78.2 Å². The highest BCUT2D eigenvalue weighted by molar-refractivity contribution is 7.92. The van der Waals surface area contributed by atoms with E-state index in [2.05, 4.69) is 19.7 Å². The van der Waals surface area contributed by atoms with Crippen LogP contribution in [-0.2, 0) is 21.2 Å². The Hall–Kier alpha value is -3.52. The van der Waals surface area contributed by atoms with Crippen molar-refractivity contribution in [1.29, 1.82) is 0 Å². The van der Waals surface area contributed by atoms with Gasteiger partial charge in [-0.25, -0.2) is 18.1 Å². The van der Waals surface area contributed by atoms with Crippen LogP contribution < -0.4 is 4.72 Å². The number of ketones is 1. The van der Waals surface area contributed by atoms with Crippen molar-refractivity contribution < 1.29 is 13.2 Å². The second-order valence-electron chi connectivity index (χ2n) is 7.76. The zero-order chi connectivity index (χ0) is 21.4. The average Bonchev–Trinajstić information content (AvgIpc) is 3.43. The van der Waals surface area contributed by atoms with E-state index in [0.717, 1.165) is 28.3 Å². The van der Waals surface area contributed by atoms with Gasteiger partial charge < -0.3 is 4.98 Å². The maximum absolute atomic E-state index is 12.8. The number of rotatable bonds is 7. The van der Waals surface area contributed by atoms with E-state index in [1.165, 1.54) is 6.20 Å². The van der Waals surface area contributed by atoms with Gasteiger partial charge in [0.15, 0.2) is 0 Å². The fourth-order valence-electron chi connectivity index (χ4n) is 3.90. The number of fused-ring (bicyclic) bond motifs is 1. The first kappa shape index (κ1) is 19.4. The molecule has 8 heteroatoms. The molecule has 0 radical (unpaired) electrons. The molecule has 0 saturated heterocycles. The van der Waals surface area contributed by atoms with Gasteiger partial charge >= 0.3 is 0 Å². The predicted octanol–water partition coefficient (Wildman–Crippen LogP) is 3.67. The first-order valence-corrected chi connectivity index (χ1v) is 11.5. The van der Waals surface area contributed by atoms with Crippen molar-refractivity contribution in [3.05, 3.63) is 84.4 Å². The molecule has 4 aromatic rings. The van der Waals surface area contributed by atoms with Gasteiger partial charge in [0, 0.05) is 42.5 Å². The lowest BCUT2D eigenvalue weighted by Gasteiger charge is -2.07. The molecule has 31 heavy (non-hydrogen) atoms.